The summed E-state index contributed by atoms with van der Waals surface area (Å²) in [6.45, 7) is 11.3. The normalized spacial score (nSPS) is 13.8. The molecule has 0 fully saturated rings. The molecule has 0 saturated carbocycles. The van der Waals surface area contributed by atoms with Gasteiger partial charge in [0.1, 0.15) is 0 Å². The second-order valence-corrected chi connectivity index (χ2v) is 15.5. The molecule has 0 aliphatic carbocycles. The van der Waals surface area contributed by atoms with Crippen LogP contribution in [0, 0.1) is 11.8 Å². The molecule has 2 N–H and O–H groups in total. The van der Waals surface area contributed by atoms with Gasteiger partial charge in [0.25, 0.3) is 0 Å². The molecule has 0 radical (unpaired) electrons. The van der Waals surface area contributed by atoms with Crippen molar-refractivity contribution in [1.29, 1.82) is 0 Å². The maximum Gasteiger partial charge on any atom is 0.317 e. The van der Waals surface area contributed by atoms with Gasteiger partial charge in [0.05, 0.1) is 37.4 Å². The van der Waals surface area contributed by atoms with Crippen LogP contribution in [0.4, 0.5) is 0 Å². The van der Waals surface area contributed by atoms with E-state index in [2.05, 4.69) is 50.8 Å². The summed E-state index contributed by atoms with van der Waals surface area (Å²) in [6.07, 6.45) is 40.5. The van der Waals surface area contributed by atoms with Crippen LogP contribution in [-0.2, 0) is 19.1 Å². The number of hydrogen-bond donors (Lipinski definition) is 2. The number of aliphatic hydroxyl groups excluding tert-OH is 2. The quantitative estimate of drug-likeness (QED) is 0.0278. The van der Waals surface area contributed by atoms with E-state index in [4.69, 9.17) is 9.47 Å². The van der Waals surface area contributed by atoms with Gasteiger partial charge >= 0.3 is 11.9 Å². The lowest BCUT2D eigenvalue weighted by atomic mass is 9.94. The van der Waals surface area contributed by atoms with Gasteiger partial charge in [-0.05, 0) is 89.8 Å². The van der Waals surface area contributed by atoms with Crippen molar-refractivity contribution in [2.75, 3.05) is 32.8 Å². The molecule has 0 bridgehead atoms. The Morgan fingerprint density at radius 1 is 0.574 bits per heavy atom. The van der Waals surface area contributed by atoms with Crippen LogP contribution < -0.4 is 0 Å². The van der Waals surface area contributed by atoms with E-state index in [1.54, 1.807) is 6.26 Å². The lowest BCUT2D eigenvalue weighted by molar-refractivity contribution is -0.149. The number of esters is 2. The van der Waals surface area contributed by atoms with Gasteiger partial charge in [-0.1, -0.05) is 155 Å². The Morgan fingerprint density at radius 2 is 1.11 bits per heavy atom. The first-order chi connectivity index (χ1) is 26.4. The van der Waals surface area contributed by atoms with Crippen LogP contribution >= 0.6 is 0 Å². The molecule has 0 aliphatic heterocycles. The van der Waals surface area contributed by atoms with Crippen LogP contribution in [0.15, 0.2) is 36.6 Å². The minimum atomic E-state index is -0.745. The molecule has 0 spiro atoms. The molecule has 0 aromatic carbocycles. The molecule has 3 unspecified atom stereocenters. The fourth-order valence-electron chi connectivity index (χ4n) is 6.68. The van der Waals surface area contributed by atoms with Gasteiger partial charge in [-0.2, -0.15) is 0 Å². The molecular weight excluding hydrogens is 675 g/mol. The van der Waals surface area contributed by atoms with Crippen LogP contribution in [0.1, 0.15) is 201 Å². The molecule has 54 heavy (non-hydrogen) atoms. The lowest BCUT2D eigenvalue weighted by Crippen LogP contribution is -2.35. The molecule has 0 saturated heterocycles. The summed E-state index contributed by atoms with van der Waals surface area (Å²) in [5.74, 6) is -0.343. The topological polar surface area (TPSA) is 96.3 Å². The van der Waals surface area contributed by atoms with E-state index in [9.17, 15) is 19.8 Å². The van der Waals surface area contributed by atoms with Gasteiger partial charge in [-0.25, -0.2) is 0 Å². The van der Waals surface area contributed by atoms with Crippen LogP contribution in [0.5, 0.6) is 0 Å². The Morgan fingerprint density at radius 3 is 1.78 bits per heavy atom. The number of rotatable bonds is 40. The third-order valence-electron chi connectivity index (χ3n) is 10.2. The van der Waals surface area contributed by atoms with Crippen LogP contribution in [-0.4, -0.2) is 66.0 Å². The molecule has 0 aromatic rings. The Labute approximate surface area is 333 Å². The third kappa shape index (κ3) is 33.4. The molecule has 7 heteroatoms. The monoisotopic (exact) mass is 762 g/mol. The van der Waals surface area contributed by atoms with Crippen molar-refractivity contribution in [3.63, 3.8) is 0 Å². The number of nitrogens with zero attached hydrogens (tertiary/aromatic N) is 1. The van der Waals surface area contributed by atoms with Gasteiger partial charge in [0.2, 0.25) is 0 Å². The van der Waals surface area contributed by atoms with E-state index in [0.29, 0.717) is 13.2 Å². The zero-order valence-electron chi connectivity index (χ0n) is 35.8. The highest BCUT2D eigenvalue weighted by molar-refractivity contribution is 5.75. The van der Waals surface area contributed by atoms with Crippen LogP contribution in [0.3, 0.4) is 0 Å². The highest BCUT2D eigenvalue weighted by Crippen LogP contribution is 2.21. The van der Waals surface area contributed by atoms with E-state index in [1.807, 2.05) is 12.2 Å². The summed E-state index contributed by atoms with van der Waals surface area (Å²) < 4.78 is 11.3. The molecule has 0 amide bonds. The van der Waals surface area contributed by atoms with Gasteiger partial charge in [0, 0.05) is 6.54 Å². The number of hydrogen-bond acceptors (Lipinski definition) is 7. The van der Waals surface area contributed by atoms with Crippen LogP contribution in [0.2, 0.25) is 0 Å². The van der Waals surface area contributed by atoms with Crippen molar-refractivity contribution in [2.45, 2.75) is 207 Å². The first-order valence-electron chi connectivity index (χ1n) is 22.8. The van der Waals surface area contributed by atoms with E-state index in [1.165, 1.54) is 64.2 Å². The van der Waals surface area contributed by atoms with Crippen molar-refractivity contribution in [2.24, 2.45) is 11.8 Å². The number of ether oxygens (including phenoxy) is 2. The number of aliphatic hydroxyl groups is 2. The zero-order chi connectivity index (χ0) is 39.7. The van der Waals surface area contributed by atoms with E-state index in [0.717, 1.165) is 122 Å². The van der Waals surface area contributed by atoms with E-state index < -0.39 is 6.10 Å². The average molecular weight is 762 g/mol. The zero-order valence-corrected chi connectivity index (χ0v) is 35.8. The first kappa shape index (κ1) is 52.0. The van der Waals surface area contributed by atoms with Crippen molar-refractivity contribution in [1.82, 2.24) is 4.90 Å². The highest BCUT2D eigenvalue weighted by atomic mass is 16.5. The Balaban J connectivity index is 4.52. The predicted octanol–water partition coefficient (Wildman–Crippen LogP) is 12.2. The van der Waals surface area contributed by atoms with E-state index in [-0.39, 0.29) is 30.4 Å². The predicted molar refractivity (Wildman–Crippen MR) is 228 cm³/mol. The molecule has 0 rings (SSSR count). The Bertz CT molecular complexity index is 918. The maximum absolute atomic E-state index is 12.9. The summed E-state index contributed by atoms with van der Waals surface area (Å²) >= 11 is 0. The standard InChI is InChI=1S/C47H87NO6/c1-5-9-13-17-19-27-35-43(33-25-15-11-7-3)46(51)53-39-31-23-21-29-37-48(41-45(50)42-49)38-30-22-24-32-40-54-47(52)44(34-26-16-12-8-4)36-28-20-18-14-10-6-2/h17,19,25,31,33,39,43-45,49-50H,5-16,18,20-24,26-30,32,34-38,40-42H2,1-4H3/b19-17+,33-25-,39-31-. The number of carbonyl (C=O) groups is 2. The fraction of sp³-hybridized carbons (Fsp3) is 0.830. The minimum Gasteiger partial charge on any atom is -0.465 e. The van der Waals surface area contributed by atoms with Crippen molar-refractivity contribution in [3.8, 4) is 0 Å². The summed E-state index contributed by atoms with van der Waals surface area (Å²) in [5, 5.41) is 19.6. The summed E-state index contributed by atoms with van der Waals surface area (Å²) in [7, 11) is 0. The maximum atomic E-state index is 12.9. The molecule has 316 valence electrons. The van der Waals surface area contributed by atoms with Gasteiger partial charge in [-0.15, -0.1) is 0 Å². The largest absolute Gasteiger partial charge is 0.465 e. The fourth-order valence-corrected chi connectivity index (χ4v) is 6.68. The molecule has 7 nitrogen and oxygen atoms in total. The summed E-state index contributed by atoms with van der Waals surface area (Å²) in [6, 6.07) is 0. The minimum absolute atomic E-state index is 0.0116. The Kier molecular flexibility index (Phi) is 39.2. The van der Waals surface area contributed by atoms with E-state index >= 15 is 0 Å². The first-order valence-corrected chi connectivity index (χ1v) is 22.8. The van der Waals surface area contributed by atoms with Crippen molar-refractivity contribution < 1.29 is 29.3 Å². The molecular formula is C47H87NO6. The van der Waals surface area contributed by atoms with Crippen LogP contribution in [0.25, 0.3) is 0 Å². The van der Waals surface area contributed by atoms with Gasteiger partial charge in [0.15, 0.2) is 0 Å². The number of allylic oxidation sites excluding steroid dienone is 4. The smallest absolute Gasteiger partial charge is 0.317 e. The number of carbonyl (C=O) groups excluding carboxylic acids is 2. The third-order valence-corrected chi connectivity index (χ3v) is 10.2. The Hall–Kier alpha value is -1.96. The number of unbranched alkanes of at least 4 members (excludes halogenated alkanes) is 17. The SMILES string of the molecule is CCCC/C=C\C(CC/C=C/CCCC)C(=O)O/C=C\CCCCN(CCCCCCOC(=O)C(CCCCCC)CCCCCCCC)CC(O)CO. The summed E-state index contributed by atoms with van der Waals surface area (Å²) in [5.41, 5.74) is 0. The molecule has 0 heterocycles. The molecule has 0 aliphatic rings. The average Bonchev–Trinajstić information content (AvgIpc) is 3.17. The summed E-state index contributed by atoms with van der Waals surface area (Å²) in [4.78, 5) is 28.0. The van der Waals surface area contributed by atoms with Crippen molar-refractivity contribution in [3.05, 3.63) is 36.6 Å². The van der Waals surface area contributed by atoms with Gasteiger partial charge < -0.3 is 24.6 Å². The second-order valence-electron chi connectivity index (χ2n) is 15.5. The van der Waals surface area contributed by atoms with Gasteiger partial charge in [-0.3, -0.25) is 9.59 Å². The molecule has 3 atom stereocenters. The lowest BCUT2D eigenvalue weighted by Gasteiger charge is -2.24. The highest BCUT2D eigenvalue weighted by Gasteiger charge is 2.19. The second kappa shape index (κ2) is 40.7. The molecule has 0 aromatic heterocycles. The van der Waals surface area contributed by atoms with Crippen molar-refractivity contribution >= 4 is 11.9 Å².